The molecule has 1 heterocycles. The van der Waals surface area contributed by atoms with Crippen LogP contribution in [0.2, 0.25) is 0 Å². The molecule has 0 fully saturated rings. The molecule has 20 heavy (non-hydrogen) atoms. The van der Waals surface area contributed by atoms with Crippen molar-refractivity contribution in [2.24, 2.45) is 5.10 Å². The maximum Gasteiger partial charge on any atom is 0.121 e. The normalized spacial score (nSPS) is 25.2. The van der Waals surface area contributed by atoms with Gasteiger partial charge in [0, 0.05) is 0 Å². The molecule has 4 heteroatoms. The van der Waals surface area contributed by atoms with Gasteiger partial charge < -0.3 is 4.84 Å². The molecular weight excluding hydrogens is 250 g/mol. The van der Waals surface area contributed by atoms with E-state index in [0.717, 1.165) is 0 Å². The molecule has 0 unspecified atom stereocenters. The lowest BCUT2D eigenvalue weighted by Gasteiger charge is -1.93. The lowest BCUT2D eigenvalue weighted by Crippen LogP contribution is -2.00. The number of rotatable bonds is 0. The van der Waals surface area contributed by atoms with Crippen LogP contribution in [0.5, 0.6) is 0 Å². The van der Waals surface area contributed by atoms with Gasteiger partial charge in [-0.05, 0) is 24.3 Å². The van der Waals surface area contributed by atoms with Crippen LogP contribution in [-0.2, 0) is 4.84 Å². The van der Waals surface area contributed by atoms with Crippen molar-refractivity contribution in [3.8, 4) is 6.07 Å². The zero-order chi connectivity index (χ0) is 14.3. The fourth-order valence-electron chi connectivity index (χ4n) is 1.10. The highest BCUT2D eigenvalue weighted by Gasteiger charge is 1.83. The van der Waals surface area contributed by atoms with E-state index in [9.17, 15) is 0 Å². The van der Waals surface area contributed by atoms with Crippen LogP contribution in [0.15, 0.2) is 89.8 Å². The van der Waals surface area contributed by atoms with Crippen LogP contribution in [0.25, 0.3) is 0 Å². The highest BCUT2D eigenvalue weighted by molar-refractivity contribution is 5.71. The van der Waals surface area contributed by atoms with E-state index < -0.39 is 0 Å². The molecule has 0 bridgehead atoms. The molecule has 1 aliphatic heterocycles. The van der Waals surface area contributed by atoms with E-state index in [-0.39, 0.29) is 0 Å². The van der Waals surface area contributed by atoms with Gasteiger partial charge in [0.1, 0.15) is 6.26 Å². The summed E-state index contributed by atoms with van der Waals surface area (Å²) >= 11 is 0. The minimum Gasteiger partial charge on any atom is -0.373 e. The van der Waals surface area contributed by atoms with Gasteiger partial charge >= 0.3 is 0 Å². The Hall–Kier alpha value is -3.06. The first-order valence-corrected chi connectivity index (χ1v) is 5.97. The van der Waals surface area contributed by atoms with Crippen LogP contribution in [0, 0.1) is 11.3 Å². The molecule has 0 saturated heterocycles. The Labute approximate surface area is 118 Å². The molecule has 4 nitrogen and oxygen atoms in total. The summed E-state index contributed by atoms with van der Waals surface area (Å²) in [4.78, 5) is 4.89. The number of hydrazone groups is 1. The molecule has 0 saturated carbocycles. The van der Waals surface area contributed by atoms with Crippen LogP contribution >= 0.6 is 0 Å². The average Bonchev–Trinajstić information content (AvgIpc) is 2.47. The van der Waals surface area contributed by atoms with Crippen LogP contribution in [0.1, 0.15) is 0 Å². The van der Waals surface area contributed by atoms with E-state index in [0.29, 0.717) is 5.57 Å². The Bertz CT molecular complexity index is 553. The molecule has 0 spiro atoms. The summed E-state index contributed by atoms with van der Waals surface area (Å²) in [5.74, 6) is 0. The van der Waals surface area contributed by atoms with Crippen LogP contribution < -0.4 is 5.59 Å². The number of nitrogens with one attached hydrogen (secondary N) is 1. The maximum atomic E-state index is 8.93. The van der Waals surface area contributed by atoms with Gasteiger partial charge in [-0.15, -0.1) is 5.59 Å². The quantitative estimate of drug-likeness (QED) is 0.731. The molecule has 0 radical (unpaired) electrons. The Morgan fingerprint density at radius 2 is 1.60 bits per heavy atom. The Kier molecular flexibility index (Phi) is 8.29. The summed E-state index contributed by atoms with van der Waals surface area (Å²) in [6, 6.07) is 2.10. The van der Waals surface area contributed by atoms with Gasteiger partial charge in [-0.2, -0.15) is 10.4 Å². The van der Waals surface area contributed by atoms with Crippen molar-refractivity contribution < 1.29 is 4.84 Å². The molecular formula is C16H15N3O. The van der Waals surface area contributed by atoms with E-state index in [4.69, 9.17) is 10.1 Å². The highest BCUT2D eigenvalue weighted by atomic mass is 16.7. The van der Waals surface area contributed by atoms with Crippen LogP contribution in [0.3, 0.4) is 0 Å². The van der Waals surface area contributed by atoms with Crippen molar-refractivity contribution in [2.75, 3.05) is 0 Å². The van der Waals surface area contributed by atoms with Crippen molar-refractivity contribution in [1.82, 2.24) is 5.59 Å². The summed E-state index contributed by atoms with van der Waals surface area (Å²) in [6.45, 7) is 0. The lowest BCUT2D eigenvalue weighted by molar-refractivity contribution is 0.139. The predicted octanol–water partition coefficient (Wildman–Crippen LogP) is 3.25. The van der Waals surface area contributed by atoms with Gasteiger partial charge in [-0.1, -0.05) is 48.6 Å². The fraction of sp³-hybridized carbons (Fsp3) is 0. The monoisotopic (exact) mass is 265 g/mol. The van der Waals surface area contributed by atoms with E-state index in [1.165, 1.54) is 12.5 Å². The molecule has 1 rings (SSSR count). The third kappa shape index (κ3) is 8.09. The summed E-state index contributed by atoms with van der Waals surface area (Å²) in [5.41, 5.74) is 2.96. The molecule has 0 aromatic carbocycles. The Morgan fingerprint density at radius 3 is 2.40 bits per heavy atom. The van der Waals surface area contributed by atoms with Crippen molar-refractivity contribution in [3.63, 3.8) is 0 Å². The third-order valence-electron chi connectivity index (χ3n) is 1.98. The second-order valence-corrected chi connectivity index (χ2v) is 3.45. The van der Waals surface area contributed by atoms with Crippen molar-refractivity contribution in [2.45, 2.75) is 0 Å². The largest absolute Gasteiger partial charge is 0.373 e. The molecule has 0 amide bonds. The molecule has 0 aromatic heterocycles. The van der Waals surface area contributed by atoms with Gasteiger partial charge in [-0.3, -0.25) is 0 Å². The SMILES string of the molecule is N#CC1=C/C=C/C=C/C=C\C=C/ON/N=C\C=C\C=C1. The lowest BCUT2D eigenvalue weighted by atomic mass is 10.2. The topological polar surface area (TPSA) is 57.4 Å². The molecule has 0 atom stereocenters. The number of nitrogens with zero attached hydrogens (tertiary/aromatic N) is 2. The first kappa shape index (κ1) is 15.0. The van der Waals surface area contributed by atoms with E-state index in [1.807, 2.05) is 36.5 Å². The number of nitriles is 1. The minimum absolute atomic E-state index is 0.567. The van der Waals surface area contributed by atoms with Gasteiger partial charge in [0.25, 0.3) is 0 Å². The summed E-state index contributed by atoms with van der Waals surface area (Å²) < 4.78 is 0. The molecule has 1 N–H and O–H groups in total. The summed E-state index contributed by atoms with van der Waals surface area (Å²) in [6.07, 6.45) is 24.5. The number of hydrogen-bond acceptors (Lipinski definition) is 4. The minimum atomic E-state index is 0.567. The number of hydrogen-bond donors (Lipinski definition) is 1. The van der Waals surface area contributed by atoms with E-state index in [1.54, 1.807) is 36.5 Å². The molecule has 100 valence electrons. The summed E-state index contributed by atoms with van der Waals surface area (Å²) in [5, 5.41) is 12.7. The van der Waals surface area contributed by atoms with Crippen LogP contribution in [-0.4, -0.2) is 6.21 Å². The van der Waals surface area contributed by atoms with E-state index in [2.05, 4.69) is 16.8 Å². The van der Waals surface area contributed by atoms with Crippen LogP contribution in [0.4, 0.5) is 0 Å². The first-order valence-electron chi connectivity index (χ1n) is 5.97. The fourth-order valence-corrected chi connectivity index (χ4v) is 1.10. The average molecular weight is 265 g/mol. The zero-order valence-electron chi connectivity index (χ0n) is 10.9. The molecule has 0 aromatic rings. The Morgan fingerprint density at radius 1 is 0.900 bits per heavy atom. The Balaban J connectivity index is 2.78. The van der Waals surface area contributed by atoms with Crippen molar-refractivity contribution >= 4 is 6.21 Å². The first-order chi connectivity index (χ1) is 9.93. The van der Waals surface area contributed by atoms with Crippen molar-refractivity contribution in [3.05, 3.63) is 84.7 Å². The molecule has 0 aliphatic carbocycles. The highest BCUT2D eigenvalue weighted by Crippen LogP contribution is 1.96. The number of allylic oxidation sites excluding steroid dienone is 13. The zero-order valence-corrected chi connectivity index (χ0v) is 10.9. The van der Waals surface area contributed by atoms with Gasteiger partial charge in [0.05, 0.1) is 17.9 Å². The summed E-state index contributed by atoms with van der Waals surface area (Å²) in [7, 11) is 0. The maximum absolute atomic E-state index is 8.93. The van der Waals surface area contributed by atoms with Crippen molar-refractivity contribution in [1.29, 1.82) is 5.26 Å². The smallest absolute Gasteiger partial charge is 0.121 e. The van der Waals surface area contributed by atoms with Gasteiger partial charge in [-0.25, -0.2) is 0 Å². The molecule has 1 aliphatic rings. The predicted molar refractivity (Wildman–Crippen MR) is 81.2 cm³/mol. The standard InChI is InChI=1S/C16H15N3O/c17-15-16-11-7-4-2-1-3-5-10-14-20-19-18-13-9-6-8-12-16/h1-14,19H/b2-1+,5-3-,7-4+,9-6+,12-8?,14-10-,16-11?,18-13-. The third-order valence-corrected chi connectivity index (χ3v) is 1.98. The van der Waals surface area contributed by atoms with Gasteiger partial charge in [0.15, 0.2) is 0 Å². The van der Waals surface area contributed by atoms with Gasteiger partial charge in [0.2, 0.25) is 0 Å². The van der Waals surface area contributed by atoms with E-state index >= 15 is 0 Å². The second-order valence-electron chi connectivity index (χ2n) is 3.45. The second kappa shape index (κ2) is 11.1.